The lowest BCUT2D eigenvalue weighted by Crippen LogP contribution is -2.08. The normalized spacial score (nSPS) is 11.5. The van der Waals surface area contributed by atoms with Crippen LogP contribution in [0.4, 0.5) is 8.78 Å². The lowest BCUT2D eigenvalue weighted by atomic mass is 10.2. The third-order valence-corrected chi connectivity index (χ3v) is 6.14. The van der Waals surface area contributed by atoms with Crippen LogP contribution in [0.5, 0.6) is 5.75 Å². The Labute approximate surface area is 209 Å². The number of imidazole rings is 1. The first kappa shape index (κ1) is 22.8. The van der Waals surface area contributed by atoms with Gasteiger partial charge >= 0.3 is 5.97 Å². The number of nitrogens with zero attached hydrogens (tertiary/aromatic N) is 4. The smallest absolute Gasteiger partial charge is 0.343 e. The fourth-order valence-electron chi connectivity index (χ4n) is 4.38. The summed E-state index contributed by atoms with van der Waals surface area (Å²) in [6.45, 7) is 0.831. The minimum absolute atomic E-state index is 0.208. The maximum absolute atomic E-state index is 13.7. The number of fused-ring (bicyclic) bond motifs is 5. The lowest BCUT2D eigenvalue weighted by molar-refractivity contribution is 0.0736. The molecule has 3 aromatic carbocycles. The zero-order valence-corrected chi connectivity index (χ0v) is 19.7. The summed E-state index contributed by atoms with van der Waals surface area (Å²) in [6, 6.07) is 18.8. The summed E-state index contributed by atoms with van der Waals surface area (Å²) in [7, 11) is 1.60. The van der Waals surface area contributed by atoms with Crippen LogP contribution >= 0.6 is 0 Å². The molecule has 0 atom stereocenters. The van der Waals surface area contributed by atoms with Crippen LogP contribution in [-0.2, 0) is 11.3 Å². The van der Waals surface area contributed by atoms with Gasteiger partial charge in [0.05, 0.1) is 23.2 Å². The number of aromatic nitrogens is 4. The number of para-hydroxylation sites is 2. The molecule has 0 saturated carbocycles. The SMILES string of the molecule is COCCn1cc(OC(=O)c2ccc(F)cc2)c2c1nc(-c1ccc(F)cc1)n1c3ccccc3nc21. The number of carbonyl (C=O) groups excluding carboxylic acids is 1. The molecule has 0 unspecified atom stereocenters. The molecule has 0 aliphatic carbocycles. The number of ether oxygens (including phenoxy) is 2. The molecule has 0 aliphatic rings. The van der Waals surface area contributed by atoms with E-state index in [1.165, 1.54) is 36.4 Å². The van der Waals surface area contributed by atoms with Crippen molar-refractivity contribution in [2.75, 3.05) is 13.7 Å². The first-order valence-electron chi connectivity index (χ1n) is 11.6. The number of carbonyl (C=O) groups is 1. The number of rotatable bonds is 6. The second-order valence-electron chi connectivity index (χ2n) is 8.48. The number of benzene rings is 3. The molecule has 0 bridgehead atoms. The van der Waals surface area contributed by atoms with E-state index in [9.17, 15) is 13.6 Å². The summed E-state index contributed by atoms with van der Waals surface area (Å²) in [5, 5.41) is 0.536. The van der Waals surface area contributed by atoms with Crippen molar-refractivity contribution in [2.24, 2.45) is 0 Å². The van der Waals surface area contributed by atoms with Crippen molar-refractivity contribution in [3.05, 3.63) is 96.2 Å². The Morgan fingerprint density at radius 2 is 1.59 bits per heavy atom. The average Bonchev–Trinajstić information content (AvgIpc) is 3.46. The first-order valence-corrected chi connectivity index (χ1v) is 11.6. The first-order chi connectivity index (χ1) is 18.0. The number of hydrogen-bond acceptors (Lipinski definition) is 5. The van der Waals surface area contributed by atoms with Gasteiger partial charge in [-0.3, -0.25) is 4.40 Å². The predicted molar refractivity (Wildman–Crippen MR) is 135 cm³/mol. The van der Waals surface area contributed by atoms with Crippen LogP contribution in [0, 0.1) is 11.6 Å². The van der Waals surface area contributed by atoms with Crippen LogP contribution in [-0.4, -0.2) is 38.6 Å². The molecular weight excluding hydrogens is 478 g/mol. The van der Waals surface area contributed by atoms with Crippen LogP contribution in [0.2, 0.25) is 0 Å². The maximum Gasteiger partial charge on any atom is 0.343 e. The zero-order valence-electron chi connectivity index (χ0n) is 19.7. The van der Waals surface area contributed by atoms with Crippen molar-refractivity contribution >= 4 is 33.7 Å². The Morgan fingerprint density at radius 1 is 0.892 bits per heavy atom. The summed E-state index contributed by atoms with van der Waals surface area (Å²) in [5.41, 5.74) is 3.48. The van der Waals surface area contributed by atoms with Crippen LogP contribution < -0.4 is 4.74 Å². The number of halogens is 2. The van der Waals surface area contributed by atoms with Gasteiger partial charge in [-0.2, -0.15) is 0 Å². The van der Waals surface area contributed by atoms with Crippen molar-refractivity contribution < 1.29 is 23.0 Å². The van der Waals surface area contributed by atoms with E-state index in [0.29, 0.717) is 41.2 Å². The lowest BCUT2D eigenvalue weighted by Gasteiger charge is -2.10. The fraction of sp³-hybridized carbons (Fsp3) is 0.107. The number of hydrogen-bond donors (Lipinski definition) is 0. The second-order valence-corrected chi connectivity index (χ2v) is 8.48. The molecule has 0 saturated heterocycles. The average molecular weight is 498 g/mol. The largest absolute Gasteiger partial charge is 0.420 e. The van der Waals surface area contributed by atoms with Crippen LogP contribution in [0.15, 0.2) is 79.0 Å². The van der Waals surface area contributed by atoms with E-state index in [-0.39, 0.29) is 17.1 Å². The molecule has 3 aromatic heterocycles. The van der Waals surface area contributed by atoms with Gasteiger partial charge in [-0.05, 0) is 60.7 Å². The summed E-state index contributed by atoms with van der Waals surface area (Å²) in [6.07, 6.45) is 1.69. The van der Waals surface area contributed by atoms with Gasteiger partial charge in [0.25, 0.3) is 0 Å². The highest BCUT2D eigenvalue weighted by Crippen LogP contribution is 2.36. The maximum atomic E-state index is 13.7. The van der Waals surface area contributed by atoms with E-state index in [0.717, 1.165) is 11.0 Å². The van der Waals surface area contributed by atoms with Gasteiger partial charge in [0.1, 0.15) is 28.5 Å². The Bertz CT molecular complexity index is 1770. The van der Waals surface area contributed by atoms with Gasteiger partial charge in [0.2, 0.25) is 0 Å². The topological polar surface area (TPSA) is 70.7 Å². The van der Waals surface area contributed by atoms with Gasteiger partial charge in [0.15, 0.2) is 11.4 Å². The van der Waals surface area contributed by atoms with E-state index in [1.54, 1.807) is 25.4 Å². The Kier molecular flexibility index (Phi) is 5.61. The minimum Gasteiger partial charge on any atom is -0.420 e. The van der Waals surface area contributed by atoms with Crippen molar-refractivity contribution in [1.82, 2.24) is 18.9 Å². The Balaban J connectivity index is 1.63. The highest BCUT2D eigenvalue weighted by molar-refractivity contribution is 6.03. The summed E-state index contributed by atoms with van der Waals surface area (Å²) in [5.74, 6) is -0.614. The molecule has 0 fully saturated rings. The van der Waals surface area contributed by atoms with E-state index < -0.39 is 11.8 Å². The molecule has 0 spiro atoms. The molecule has 0 N–H and O–H groups in total. The highest BCUT2D eigenvalue weighted by Gasteiger charge is 2.23. The molecule has 0 radical (unpaired) electrons. The molecule has 184 valence electrons. The van der Waals surface area contributed by atoms with Crippen LogP contribution in [0.3, 0.4) is 0 Å². The van der Waals surface area contributed by atoms with E-state index in [4.69, 9.17) is 19.4 Å². The number of methoxy groups -OCH3 is 1. The third-order valence-electron chi connectivity index (χ3n) is 6.14. The standard InChI is InChI=1S/C28H20F2N4O3/c1-36-15-14-33-16-23(37-28(35)18-8-12-20(30)13-9-18)24-26(33)32-25(17-6-10-19(29)11-7-17)34-22-5-3-2-4-21(22)31-27(24)34/h2-13,16H,14-15H2,1H3. The monoisotopic (exact) mass is 498 g/mol. The molecule has 6 aromatic rings. The van der Waals surface area contributed by atoms with Crippen molar-refractivity contribution in [3.8, 4) is 17.1 Å². The van der Waals surface area contributed by atoms with Gasteiger partial charge in [-0.1, -0.05) is 12.1 Å². The zero-order chi connectivity index (χ0) is 25.5. The third kappa shape index (κ3) is 3.99. The molecule has 3 heterocycles. The molecular formula is C28H20F2N4O3. The second kappa shape index (κ2) is 9.11. The summed E-state index contributed by atoms with van der Waals surface area (Å²) >= 11 is 0. The fourth-order valence-corrected chi connectivity index (χ4v) is 4.38. The highest BCUT2D eigenvalue weighted by atomic mass is 19.1. The Hall–Kier alpha value is -4.63. The van der Waals surface area contributed by atoms with E-state index >= 15 is 0 Å². The molecule has 0 amide bonds. The summed E-state index contributed by atoms with van der Waals surface area (Å²) in [4.78, 5) is 22.8. The quantitative estimate of drug-likeness (QED) is 0.278. The molecule has 0 aliphatic heterocycles. The van der Waals surface area contributed by atoms with Crippen LogP contribution in [0.25, 0.3) is 39.1 Å². The predicted octanol–water partition coefficient (Wildman–Crippen LogP) is 5.65. The van der Waals surface area contributed by atoms with Crippen molar-refractivity contribution in [1.29, 1.82) is 0 Å². The van der Waals surface area contributed by atoms with Crippen LogP contribution in [0.1, 0.15) is 10.4 Å². The van der Waals surface area contributed by atoms with Gasteiger partial charge in [0, 0.05) is 25.4 Å². The number of esters is 1. The van der Waals surface area contributed by atoms with Crippen molar-refractivity contribution in [3.63, 3.8) is 0 Å². The molecule has 7 nitrogen and oxygen atoms in total. The molecule has 6 rings (SSSR count). The summed E-state index contributed by atoms with van der Waals surface area (Å²) < 4.78 is 41.9. The van der Waals surface area contributed by atoms with Gasteiger partial charge < -0.3 is 14.0 Å². The Morgan fingerprint density at radius 3 is 2.32 bits per heavy atom. The van der Waals surface area contributed by atoms with Crippen molar-refractivity contribution in [2.45, 2.75) is 6.54 Å². The molecule has 37 heavy (non-hydrogen) atoms. The van der Waals surface area contributed by atoms with Gasteiger partial charge in [-0.25, -0.2) is 23.5 Å². The van der Waals surface area contributed by atoms with Gasteiger partial charge in [-0.15, -0.1) is 0 Å². The minimum atomic E-state index is -0.636. The van der Waals surface area contributed by atoms with E-state index in [1.807, 2.05) is 33.2 Å². The van der Waals surface area contributed by atoms with E-state index in [2.05, 4.69) is 0 Å². The molecule has 9 heteroatoms.